The van der Waals surface area contributed by atoms with Gasteiger partial charge in [0.05, 0.1) is 4.47 Å². The normalized spacial score (nSPS) is 11.6. The van der Waals surface area contributed by atoms with Crippen molar-refractivity contribution in [2.45, 2.75) is 11.8 Å². The van der Waals surface area contributed by atoms with Gasteiger partial charge in [0.2, 0.25) is 0 Å². The van der Waals surface area contributed by atoms with Gasteiger partial charge in [0.15, 0.2) is 5.13 Å². The molecule has 4 nitrogen and oxygen atoms in total. The maximum absolute atomic E-state index is 13.6. The van der Waals surface area contributed by atoms with E-state index in [9.17, 15) is 17.2 Å². The summed E-state index contributed by atoms with van der Waals surface area (Å²) in [4.78, 5) is 3.83. The first-order valence-corrected chi connectivity index (χ1v) is 7.98. The number of nitrogens with one attached hydrogen (secondary N) is 1. The van der Waals surface area contributed by atoms with Gasteiger partial charge in [0, 0.05) is 11.1 Å². The standard InChI is InChI=1S/C10H7BrF2N2O2S2/c1-5-4-14-10(18-5)15-19(16,17)9-3-7(12)6(11)2-8(9)13/h2-4H,1H3,(H,14,15). The number of aryl methyl sites for hydroxylation is 1. The third kappa shape index (κ3) is 3.10. The van der Waals surface area contributed by atoms with Crippen molar-refractivity contribution in [1.82, 2.24) is 4.98 Å². The molecule has 0 fully saturated rings. The quantitative estimate of drug-likeness (QED) is 0.845. The first-order valence-electron chi connectivity index (χ1n) is 4.89. The van der Waals surface area contributed by atoms with Crippen molar-refractivity contribution < 1.29 is 17.2 Å². The van der Waals surface area contributed by atoms with Gasteiger partial charge < -0.3 is 0 Å². The molecule has 0 atom stereocenters. The van der Waals surface area contributed by atoms with Crippen LogP contribution in [0, 0.1) is 18.6 Å². The third-order valence-electron chi connectivity index (χ3n) is 2.11. The van der Waals surface area contributed by atoms with Gasteiger partial charge in [-0.2, -0.15) is 0 Å². The maximum Gasteiger partial charge on any atom is 0.266 e. The second-order valence-electron chi connectivity index (χ2n) is 3.58. The Bertz CT molecular complexity index is 731. The Morgan fingerprint density at radius 2 is 2.00 bits per heavy atom. The number of aromatic nitrogens is 1. The van der Waals surface area contributed by atoms with Gasteiger partial charge in [-0.25, -0.2) is 22.2 Å². The van der Waals surface area contributed by atoms with Crippen LogP contribution in [-0.2, 0) is 10.0 Å². The maximum atomic E-state index is 13.6. The molecule has 0 aliphatic heterocycles. The summed E-state index contributed by atoms with van der Waals surface area (Å²) in [7, 11) is -4.21. The minimum Gasteiger partial charge on any atom is -0.255 e. The molecule has 0 unspecified atom stereocenters. The van der Waals surface area contributed by atoms with E-state index in [2.05, 4.69) is 25.6 Å². The molecule has 2 aromatic rings. The average molecular weight is 369 g/mol. The van der Waals surface area contributed by atoms with Crippen LogP contribution >= 0.6 is 27.3 Å². The number of anilines is 1. The van der Waals surface area contributed by atoms with Gasteiger partial charge in [-0.1, -0.05) is 0 Å². The lowest BCUT2D eigenvalue weighted by Crippen LogP contribution is -2.14. The van der Waals surface area contributed by atoms with Crippen molar-refractivity contribution in [2.24, 2.45) is 0 Å². The van der Waals surface area contributed by atoms with Crippen LogP contribution in [0.4, 0.5) is 13.9 Å². The van der Waals surface area contributed by atoms with E-state index in [0.29, 0.717) is 6.07 Å². The zero-order valence-corrected chi connectivity index (χ0v) is 12.7. The van der Waals surface area contributed by atoms with Gasteiger partial charge in [-0.3, -0.25) is 4.72 Å². The summed E-state index contributed by atoms with van der Waals surface area (Å²) in [6.45, 7) is 1.75. The van der Waals surface area contributed by atoms with Gasteiger partial charge in [-0.15, -0.1) is 11.3 Å². The summed E-state index contributed by atoms with van der Waals surface area (Å²) >= 11 is 3.87. The van der Waals surface area contributed by atoms with E-state index in [-0.39, 0.29) is 9.60 Å². The van der Waals surface area contributed by atoms with E-state index in [1.165, 1.54) is 6.20 Å². The van der Waals surface area contributed by atoms with Gasteiger partial charge in [0.1, 0.15) is 16.5 Å². The number of benzene rings is 1. The second kappa shape index (κ2) is 5.14. The van der Waals surface area contributed by atoms with Crippen molar-refractivity contribution in [1.29, 1.82) is 0 Å². The molecule has 0 bridgehead atoms. The van der Waals surface area contributed by atoms with E-state index in [1.807, 2.05) is 0 Å². The van der Waals surface area contributed by atoms with Crippen molar-refractivity contribution >= 4 is 42.4 Å². The van der Waals surface area contributed by atoms with Gasteiger partial charge in [0.25, 0.3) is 10.0 Å². The summed E-state index contributed by atoms with van der Waals surface area (Å²) in [5.74, 6) is -1.91. The smallest absolute Gasteiger partial charge is 0.255 e. The molecule has 102 valence electrons. The lowest BCUT2D eigenvalue weighted by Gasteiger charge is -2.07. The molecule has 1 heterocycles. The molecule has 0 amide bonds. The summed E-state index contributed by atoms with van der Waals surface area (Å²) in [6.07, 6.45) is 1.47. The van der Waals surface area contributed by atoms with Crippen LogP contribution in [0.2, 0.25) is 0 Å². The summed E-state index contributed by atoms with van der Waals surface area (Å²) in [5, 5.41) is 0.0974. The second-order valence-corrected chi connectivity index (χ2v) is 7.32. The Kier molecular flexibility index (Phi) is 3.88. The first kappa shape index (κ1) is 14.4. The van der Waals surface area contributed by atoms with Crippen LogP contribution < -0.4 is 4.72 Å². The predicted octanol–water partition coefficient (Wildman–Crippen LogP) is 3.29. The van der Waals surface area contributed by atoms with Crippen molar-refractivity contribution in [3.8, 4) is 0 Å². The van der Waals surface area contributed by atoms with Crippen molar-refractivity contribution in [3.63, 3.8) is 0 Å². The highest BCUT2D eigenvalue weighted by molar-refractivity contribution is 9.10. The Morgan fingerprint density at radius 3 is 2.58 bits per heavy atom. The molecule has 9 heteroatoms. The Hall–Kier alpha value is -1.06. The SMILES string of the molecule is Cc1cnc(NS(=O)(=O)c2cc(F)c(Br)cc2F)s1. The van der Waals surface area contributed by atoms with E-state index in [4.69, 9.17) is 0 Å². The molecule has 0 saturated carbocycles. The fourth-order valence-electron chi connectivity index (χ4n) is 1.28. The lowest BCUT2D eigenvalue weighted by atomic mass is 10.3. The highest BCUT2D eigenvalue weighted by atomic mass is 79.9. The summed E-state index contributed by atoms with van der Waals surface area (Å²) in [5.41, 5.74) is 0. The number of nitrogens with zero attached hydrogens (tertiary/aromatic N) is 1. The fraction of sp³-hybridized carbons (Fsp3) is 0.100. The molecule has 0 saturated heterocycles. The Labute approximate surface area is 120 Å². The number of thiazole rings is 1. The highest BCUT2D eigenvalue weighted by Gasteiger charge is 2.22. The molecule has 2 rings (SSSR count). The van der Waals surface area contributed by atoms with E-state index in [1.54, 1.807) is 6.92 Å². The van der Waals surface area contributed by atoms with E-state index >= 15 is 0 Å². The molecule has 0 aliphatic carbocycles. The fourth-order valence-corrected chi connectivity index (χ4v) is 3.58. The van der Waals surface area contributed by atoms with Gasteiger partial charge in [-0.05, 0) is 35.0 Å². The van der Waals surface area contributed by atoms with Crippen LogP contribution in [0.5, 0.6) is 0 Å². The molecule has 1 N–H and O–H groups in total. The Balaban J connectivity index is 2.42. The number of hydrogen-bond acceptors (Lipinski definition) is 4. The highest BCUT2D eigenvalue weighted by Crippen LogP contribution is 2.26. The van der Waals surface area contributed by atoms with Crippen LogP contribution in [0.15, 0.2) is 27.7 Å². The monoisotopic (exact) mass is 368 g/mol. The third-order valence-corrected chi connectivity index (χ3v) is 5.03. The molecule has 1 aromatic carbocycles. The minimum absolute atomic E-state index is 0.0974. The molecular formula is C10H7BrF2N2O2S2. The first-order chi connectivity index (χ1) is 8.79. The topological polar surface area (TPSA) is 59.1 Å². The lowest BCUT2D eigenvalue weighted by molar-refractivity contribution is 0.552. The van der Waals surface area contributed by atoms with E-state index in [0.717, 1.165) is 22.3 Å². The zero-order chi connectivity index (χ0) is 14.2. The van der Waals surface area contributed by atoms with E-state index < -0.39 is 26.6 Å². The van der Waals surface area contributed by atoms with Crippen LogP contribution in [0.1, 0.15) is 4.88 Å². The molecule has 0 radical (unpaired) electrons. The molecule has 1 aromatic heterocycles. The molecule has 0 aliphatic rings. The molecular weight excluding hydrogens is 362 g/mol. The minimum atomic E-state index is -4.21. The molecule has 0 spiro atoms. The van der Waals surface area contributed by atoms with Crippen LogP contribution in [-0.4, -0.2) is 13.4 Å². The molecule has 19 heavy (non-hydrogen) atoms. The number of halogens is 3. The zero-order valence-electron chi connectivity index (χ0n) is 9.45. The number of sulfonamides is 1. The Morgan fingerprint density at radius 1 is 1.32 bits per heavy atom. The van der Waals surface area contributed by atoms with Crippen LogP contribution in [0.25, 0.3) is 0 Å². The summed E-state index contributed by atoms with van der Waals surface area (Å²) in [6, 6.07) is 1.37. The average Bonchev–Trinajstić information content (AvgIpc) is 2.68. The largest absolute Gasteiger partial charge is 0.266 e. The van der Waals surface area contributed by atoms with Crippen molar-refractivity contribution in [3.05, 3.63) is 39.3 Å². The van der Waals surface area contributed by atoms with Gasteiger partial charge >= 0.3 is 0 Å². The van der Waals surface area contributed by atoms with Crippen molar-refractivity contribution in [2.75, 3.05) is 4.72 Å². The number of rotatable bonds is 3. The predicted molar refractivity (Wildman–Crippen MR) is 71.7 cm³/mol. The van der Waals surface area contributed by atoms with Crippen LogP contribution in [0.3, 0.4) is 0 Å². The summed E-state index contributed by atoms with van der Waals surface area (Å²) < 4.78 is 52.7. The number of hydrogen-bond donors (Lipinski definition) is 1.